The van der Waals surface area contributed by atoms with Gasteiger partial charge in [-0.2, -0.15) is 0 Å². The van der Waals surface area contributed by atoms with Crippen LogP contribution in [0, 0.1) is 0 Å². The third kappa shape index (κ3) is 5.05. The number of rotatable bonds is 7. The number of H-pyrrole nitrogens is 1. The van der Waals surface area contributed by atoms with Crippen molar-refractivity contribution in [1.29, 1.82) is 0 Å². The Hall–Kier alpha value is -4.20. The molecule has 7 nitrogen and oxygen atoms in total. The summed E-state index contributed by atoms with van der Waals surface area (Å²) in [5.74, 6) is 1.25. The smallest absolute Gasteiger partial charge is 0.186 e. The quantitative estimate of drug-likeness (QED) is 0.247. The van der Waals surface area contributed by atoms with Crippen LogP contribution in [0.25, 0.3) is 34.0 Å². The van der Waals surface area contributed by atoms with E-state index >= 15 is 0 Å². The Labute approximate surface area is 222 Å². The molecule has 0 bridgehead atoms. The Morgan fingerprint density at radius 3 is 2.76 bits per heavy atom. The Bertz CT molecular complexity index is 1740. The van der Waals surface area contributed by atoms with Crippen molar-refractivity contribution < 1.29 is 4.74 Å². The van der Waals surface area contributed by atoms with Crippen LogP contribution < -0.4 is 4.74 Å². The first-order chi connectivity index (χ1) is 18.1. The molecule has 0 spiro atoms. The van der Waals surface area contributed by atoms with Crippen molar-refractivity contribution in [3.05, 3.63) is 112 Å². The first kappa shape index (κ1) is 23.2. The van der Waals surface area contributed by atoms with Gasteiger partial charge in [-0.1, -0.05) is 59.6 Å². The number of pyridine rings is 1. The number of nitrogens with one attached hydrogen (secondary N) is 1. The van der Waals surface area contributed by atoms with E-state index < -0.39 is 0 Å². The van der Waals surface area contributed by atoms with Gasteiger partial charge in [-0.15, -0.1) is 5.10 Å². The lowest BCUT2D eigenvalue weighted by molar-refractivity contribution is 0.298. The molecule has 3 aromatic carbocycles. The second-order valence-corrected chi connectivity index (χ2v) is 9.38. The molecule has 9 heteroatoms. The van der Waals surface area contributed by atoms with Crippen molar-refractivity contribution in [2.75, 3.05) is 0 Å². The van der Waals surface area contributed by atoms with E-state index in [1.165, 1.54) is 0 Å². The number of aromatic nitrogens is 6. The number of hydrogen-bond acceptors (Lipinski definition) is 5. The minimum Gasteiger partial charge on any atom is -0.483 e. The van der Waals surface area contributed by atoms with Crippen molar-refractivity contribution in [2.24, 2.45) is 0 Å². The van der Waals surface area contributed by atoms with Gasteiger partial charge in [0.05, 0.1) is 21.7 Å². The van der Waals surface area contributed by atoms with Crippen LogP contribution in [0.1, 0.15) is 22.6 Å². The summed E-state index contributed by atoms with van der Waals surface area (Å²) in [5.41, 5.74) is 4.88. The molecule has 0 aliphatic carbocycles. The number of hydrogen-bond donors (Lipinski definition) is 1. The van der Waals surface area contributed by atoms with Gasteiger partial charge in [0, 0.05) is 28.5 Å². The molecule has 0 radical (unpaired) electrons. The zero-order chi connectivity index (χ0) is 25.2. The van der Waals surface area contributed by atoms with Gasteiger partial charge in [0.1, 0.15) is 12.4 Å². The van der Waals surface area contributed by atoms with Gasteiger partial charge in [-0.05, 0) is 70.1 Å². The fourth-order valence-electron chi connectivity index (χ4n) is 4.26. The minimum absolute atomic E-state index is 0.226. The topological polar surface area (TPSA) is 81.5 Å². The van der Waals surface area contributed by atoms with Gasteiger partial charge in [-0.25, -0.2) is 10.1 Å². The Balaban J connectivity index is 1.25. The number of fused-ring (bicyclic) bond motifs is 2. The highest BCUT2D eigenvalue weighted by atomic mass is 35.5. The largest absolute Gasteiger partial charge is 0.483 e. The SMILES string of the molecule is Clc1ccc2ccc(/C=C/c3cccc(Cn4ccc5c(Cl)ccc(OCc6nnn[nH]6)c54)c3)nc2c1. The summed E-state index contributed by atoms with van der Waals surface area (Å²) in [7, 11) is 0. The Morgan fingerprint density at radius 2 is 1.86 bits per heavy atom. The maximum atomic E-state index is 6.48. The molecule has 37 heavy (non-hydrogen) atoms. The molecule has 6 rings (SSSR count). The van der Waals surface area contributed by atoms with Gasteiger partial charge >= 0.3 is 0 Å². The molecule has 0 unspecified atom stereocenters. The summed E-state index contributed by atoms with van der Waals surface area (Å²) in [6.07, 6.45) is 6.09. The van der Waals surface area contributed by atoms with Gasteiger partial charge in [0.15, 0.2) is 5.82 Å². The molecule has 182 valence electrons. The Morgan fingerprint density at radius 1 is 0.946 bits per heavy atom. The summed E-state index contributed by atoms with van der Waals surface area (Å²) < 4.78 is 8.16. The maximum absolute atomic E-state index is 6.48. The van der Waals surface area contributed by atoms with Crippen LogP contribution in [-0.2, 0) is 13.2 Å². The standard InChI is InChI=1S/C28H20Cl2N6O/c29-21-7-5-20-6-9-22(31-25(20)15-21)8-4-18-2-1-3-19(14-18)16-36-13-12-23-24(30)10-11-26(28(23)36)37-17-27-32-34-35-33-27/h1-15H,16-17H2,(H,32,33,34,35)/b8-4+. The molecule has 1 N–H and O–H groups in total. The van der Waals surface area contributed by atoms with Crippen LogP contribution >= 0.6 is 23.2 Å². The summed E-state index contributed by atoms with van der Waals surface area (Å²) in [6.45, 7) is 0.878. The highest BCUT2D eigenvalue weighted by molar-refractivity contribution is 6.35. The lowest BCUT2D eigenvalue weighted by atomic mass is 10.1. The molecule has 0 atom stereocenters. The Kier molecular flexibility index (Phi) is 6.30. The van der Waals surface area contributed by atoms with E-state index in [0.29, 0.717) is 28.2 Å². The van der Waals surface area contributed by atoms with Crippen LogP contribution in [-0.4, -0.2) is 30.2 Å². The van der Waals surface area contributed by atoms with Crippen LogP contribution in [0.4, 0.5) is 0 Å². The van der Waals surface area contributed by atoms with E-state index in [-0.39, 0.29) is 6.61 Å². The average molecular weight is 527 g/mol. The van der Waals surface area contributed by atoms with Crippen molar-refractivity contribution in [3.63, 3.8) is 0 Å². The number of halogens is 2. The predicted octanol–water partition coefficient (Wildman–Crippen LogP) is 6.81. The van der Waals surface area contributed by atoms with E-state index in [1.807, 2.05) is 54.7 Å². The molecular weight excluding hydrogens is 507 g/mol. The van der Waals surface area contributed by atoms with Gasteiger partial charge in [-0.3, -0.25) is 0 Å². The molecule has 6 aromatic rings. The van der Waals surface area contributed by atoms with Gasteiger partial charge in [0.25, 0.3) is 0 Å². The van der Waals surface area contributed by atoms with Crippen LogP contribution in [0.2, 0.25) is 10.0 Å². The molecule has 3 heterocycles. The summed E-state index contributed by atoms with van der Waals surface area (Å²) in [4.78, 5) is 4.71. The number of benzene rings is 3. The van der Waals surface area contributed by atoms with E-state index in [1.54, 1.807) is 0 Å². The summed E-state index contributed by atoms with van der Waals surface area (Å²) in [5, 5.41) is 17.1. The van der Waals surface area contributed by atoms with Crippen molar-refractivity contribution in [3.8, 4) is 5.75 Å². The molecule has 0 saturated carbocycles. The van der Waals surface area contributed by atoms with E-state index in [4.69, 9.17) is 32.9 Å². The molecule has 3 aromatic heterocycles. The zero-order valence-corrected chi connectivity index (χ0v) is 21.0. The molecule has 0 aliphatic heterocycles. The van der Waals surface area contributed by atoms with E-state index in [9.17, 15) is 0 Å². The molecule has 0 fully saturated rings. The molecular formula is C28H20Cl2N6O. The van der Waals surface area contributed by atoms with Crippen molar-refractivity contribution in [1.82, 2.24) is 30.2 Å². The molecule has 0 amide bonds. The highest BCUT2D eigenvalue weighted by Gasteiger charge is 2.13. The van der Waals surface area contributed by atoms with Crippen molar-refractivity contribution >= 4 is 57.2 Å². The van der Waals surface area contributed by atoms with Crippen LogP contribution in [0.5, 0.6) is 5.75 Å². The van der Waals surface area contributed by atoms with Crippen molar-refractivity contribution in [2.45, 2.75) is 13.2 Å². The van der Waals surface area contributed by atoms with Crippen LogP contribution in [0.15, 0.2) is 79.0 Å². The first-order valence-electron chi connectivity index (χ1n) is 11.6. The fourth-order valence-corrected chi connectivity index (χ4v) is 4.65. The van der Waals surface area contributed by atoms with E-state index in [2.05, 4.69) is 61.6 Å². The normalized spacial score (nSPS) is 11.6. The third-order valence-electron chi connectivity index (χ3n) is 6.01. The van der Waals surface area contributed by atoms with Gasteiger partial charge in [0.2, 0.25) is 0 Å². The lowest BCUT2D eigenvalue weighted by Gasteiger charge is -2.12. The number of aromatic amines is 1. The summed E-state index contributed by atoms with van der Waals surface area (Å²) >= 11 is 12.6. The second kappa shape index (κ2) is 10.0. The maximum Gasteiger partial charge on any atom is 0.186 e. The third-order valence-corrected chi connectivity index (χ3v) is 6.58. The number of ether oxygens (including phenoxy) is 1. The molecule has 0 saturated heterocycles. The molecule has 0 aliphatic rings. The number of tetrazole rings is 1. The second-order valence-electron chi connectivity index (χ2n) is 8.54. The highest BCUT2D eigenvalue weighted by Crippen LogP contribution is 2.33. The van der Waals surface area contributed by atoms with Crippen LogP contribution in [0.3, 0.4) is 0 Å². The van der Waals surface area contributed by atoms with Gasteiger partial charge < -0.3 is 9.30 Å². The first-order valence-corrected chi connectivity index (χ1v) is 12.3. The monoisotopic (exact) mass is 526 g/mol. The number of nitrogens with zero attached hydrogens (tertiary/aromatic N) is 5. The average Bonchev–Trinajstić information content (AvgIpc) is 3.58. The van der Waals surface area contributed by atoms with E-state index in [0.717, 1.165) is 38.6 Å². The fraction of sp³-hybridized carbons (Fsp3) is 0.0714. The summed E-state index contributed by atoms with van der Waals surface area (Å²) in [6, 6.07) is 23.9. The minimum atomic E-state index is 0.226. The lowest BCUT2D eigenvalue weighted by Crippen LogP contribution is -2.02. The predicted molar refractivity (Wildman–Crippen MR) is 147 cm³/mol. The zero-order valence-electron chi connectivity index (χ0n) is 19.5.